The number of sulfonamides is 1. The lowest BCUT2D eigenvalue weighted by Crippen LogP contribution is -2.43. The second-order valence-electron chi connectivity index (χ2n) is 6.58. The van der Waals surface area contributed by atoms with Gasteiger partial charge in [-0.2, -0.15) is 0 Å². The zero-order valence-corrected chi connectivity index (χ0v) is 15.4. The Morgan fingerprint density at radius 3 is 2.60 bits per heavy atom. The van der Waals surface area contributed by atoms with Crippen LogP contribution in [0, 0.1) is 5.92 Å². The molecule has 6 nitrogen and oxygen atoms in total. The highest BCUT2D eigenvalue weighted by Crippen LogP contribution is 2.18. The summed E-state index contributed by atoms with van der Waals surface area (Å²) in [4.78, 5) is 23.9. The van der Waals surface area contributed by atoms with Gasteiger partial charge in [0.1, 0.15) is 0 Å². The molecule has 1 aliphatic heterocycles. The molecule has 1 fully saturated rings. The van der Waals surface area contributed by atoms with Crippen molar-refractivity contribution in [3.05, 3.63) is 35.9 Å². The highest BCUT2D eigenvalue weighted by atomic mass is 32.2. The normalized spacial score (nSPS) is 18.7. The number of rotatable bonds is 8. The van der Waals surface area contributed by atoms with Crippen molar-refractivity contribution >= 4 is 21.7 Å². The van der Waals surface area contributed by atoms with Crippen molar-refractivity contribution < 1.29 is 18.0 Å². The van der Waals surface area contributed by atoms with Crippen molar-refractivity contribution in [3.63, 3.8) is 0 Å². The predicted octanol–water partition coefficient (Wildman–Crippen LogP) is 1.83. The van der Waals surface area contributed by atoms with E-state index in [1.807, 2.05) is 18.2 Å². The lowest BCUT2D eigenvalue weighted by atomic mass is 9.99. The van der Waals surface area contributed by atoms with Crippen molar-refractivity contribution in [2.24, 2.45) is 5.92 Å². The van der Waals surface area contributed by atoms with Crippen LogP contribution in [0.1, 0.15) is 42.5 Å². The summed E-state index contributed by atoms with van der Waals surface area (Å²) in [5.41, 5.74) is 0.672. The first-order valence-electron chi connectivity index (χ1n) is 8.66. The Bertz CT molecular complexity index is 688. The minimum Gasteiger partial charge on any atom is -0.356 e. The number of amides is 1. The molecule has 138 valence electrons. The van der Waals surface area contributed by atoms with Crippen LogP contribution in [0.4, 0.5) is 0 Å². The largest absolute Gasteiger partial charge is 0.356 e. The third-order valence-corrected chi connectivity index (χ3v) is 5.71. The first kappa shape index (κ1) is 19.6. The van der Waals surface area contributed by atoms with Crippen molar-refractivity contribution in [2.75, 3.05) is 25.9 Å². The fourth-order valence-corrected chi connectivity index (χ4v) is 3.96. The van der Waals surface area contributed by atoms with Gasteiger partial charge in [0, 0.05) is 38.0 Å². The summed E-state index contributed by atoms with van der Waals surface area (Å²) in [5, 5.41) is 2.87. The number of nitrogens with one attached hydrogen (secondary N) is 1. The number of nitrogens with zero attached hydrogens (tertiary/aromatic N) is 1. The molecule has 1 aromatic carbocycles. The van der Waals surface area contributed by atoms with Crippen LogP contribution in [0.25, 0.3) is 0 Å². The number of hydrogen-bond acceptors (Lipinski definition) is 4. The Hall–Kier alpha value is -1.73. The average molecular weight is 366 g/mol. The van der Waals surface area contributed by atoms with Crippen LogP contribution in [0.2, 0.25) is 0 Å². The van der Waals surface area contributed by atoms with Gasteiger partial charge in [-0.15, -0.1) is 0 Å². The maximum atomic E-state index is 12.0. The second-order valence-corrected chi connectivity index (χ2v) is 8.56. The average Bonchev–Trinajstić information content (AvgIpc) is 2.60. The number of carbonyl (C=O) groups excluding carboxylic acids is 2. The molecule has 1 heterocycles. The van der Waals surface area contributed by atoms with Crippen LogP contribution >= 0.6 is 0 Å². The Labute approximate surface area is 149 Å². The fraction of sp³-hybridized carbons (Fsp3) is 0.556. The van der Waals surface area contributed by atoms with E-state index in [-0.39, 0.29) is 17.6 Å². The Kier molecular flexibility index (Phi) is 7.13. The van der Waals surface area contributed by atoms with Crippen LogP contribution in [0.15, 0.2) is 30.3 Å². The topological polar surface area (TPSA) is 83.6 Å². The molecular weight excluding hydrogens is 340 g/mol. The highest BCUT2D eigenvalue weighted by molar-refractivity contribution is 7.88. The standard InChI is InChI=1S/C18H26N2O4S/c1-25(23,24)20-12-6-7-15(14-20)13-19-18(22)11-5-10-17(21)16-8-3-2-4-9-16/h2-4,8-9,15H,5-7,10-14H2,1H3,(H,19,22)/t15-/m1/s1. The SMILES string of the molecule is CS(=O)(=O)N1CCC[C@H](CNC(=O)CCCC(=O)c2ccccc2)C1. The van der Waals surface area contributed by atoms with Gasteiger partial charge in [0.2, 0.25) is 15.9 Å². The van der Waals surface area contributed by atoms with E-state index in [1.54, 1.807) is 12.1 Å². The zero-order chi connectivity index (χ0) is 18.3. The van der Waals surface area contributed by atoms with E-state index < -0.39 is 10.0 Å². The molecule has 1 atom stereocenters. The number of benzene rings is 1. The van der Waals surface area contributed by atoms with Crippen LogP contribution in [-0.2, 0) is 14.8 Å². The van der Waals surface area contributed by atoms with E-state index in [0.29, 0.717) is 44.5 Å². The molecule has 1 saturated heterocycles. The second kappa shape index (κ2) is 9.10. The lowest BCUT2D eigenvalue weighted by Gasteiger charge is -2.30. The summed E-state index contributed by atoms with van der Waals surface area (Å²) >= 11 is 0. The molecule has 0 bridgehead atoms. The monoisotopic (exact) mass is 366 g/mol. The van der Waals surface area contributed by atoms with E-state index in [2.05, 4.69) is 5.32 Å². The Morgan fingerprint density at radius 2 is 1.92 bits per heavy atom. The zero-order valence-electron chi connectivity index (χ0n) is 14.6. The summed E-state index contributed by atoms with van der Waals surface area (Å²) < 4.78 is 24.7. The third-order valence-electron chi connectivity index (χ3n) is 4.44. The number of ketones is 1. The van der Waals surface area contributed by atoms with E-state index in [0.717, 1.165) is 12.8 Å². The minimum atomic E-state index is -3.16. The highest BCUT2D eigenvalue weighted by Gasteiger charge is 2.25. The molecule has 1 aliphatic rings. The van der Waals surface area contributed by atoms with Crippen LogP contribution in [0.5, 0.6) is 0 Å². The molecule has 1 amide bonds. The fourth-order valence-electron chi connectivity index (χ4n) is 3.02. The van der Waals surface area contributed by atoms with Crippen LogP contribution < -0.4 is 5.32 Å². The quantitative estimate of drug-likeness (QED) is 0.712. The maximum Gasteiger partial charge on any atom is 0.220 e. The summed E-state index contributed by atoms with van der Waals surface area (Å²) in [6.45, 7) is 1.51. The van der Waals surface area contributed by atoms with E-state index in [9.17, 15) is 18.0 Å². The number of hydrogen-bond donors (Lipinski definition) is 1. The molecule has 2 rings (SSSR count). The van der Waals surface area contributed by atoms with Gasteiger partial charge in [0.15, 0.2) is 5.78 Å². The number of Topliss-reactive ketones (excluding diaryl/α,β-unsaturated/α-hetero) is 1. The first-order chi connectivity index (χ1) is 11.9. The van der Waals surface area contributed by atoms with Crippen LogP contribution in [0.3, 0.4) is 0 Å². The van der Waals surface area contributed by atoms with E-state index in [4.69, 9.17) is 0 Å². The number of piperidine rings is 1. The van der Waals surface area contributed by atoms with E-state index >= 15 is 0 Å². The van der Waals surface area contributed by atoms with Crippen molar-refractivity contribution in [1.29, 1.82) is 0 Å². The van der Waals surface area contributed by atoms with E-state index in [1.165, 1.54) is 10.6 Å². The van der Waals surface area contributed by atoms with Crippen molar-refractivity contribution in [3.8, 4) is 0 Å². The third kappa shape index (κ3) is 6.59. The summed E-state index contributed by atoms with van der Waals surface area (Å²) in [6.07, 6.45) is 4.12. The molecule has 0 spiro atoms. The van der Waals surface area contributed by atoms with Gasteiger partial charge in [0.05, 0.1) is 6.26 Å². The molecular formula is C18H26N2O4S. The molecule has 0 unspecified atom stereocenters. The van der Waals surface area contributed by atoms with Crippen LogP contribution in [-0.4, -0.2) is 50.3 Å². The molecule has 1 aromatic rings. The van der Waals surface area contributed by atoms with Gasteiger partial charge < -0.3 is 5.32 Å². The molecule has 7 heteroatoms. The van der Waals surface area contributed by atoms with Crippen molar-refractivity contribution in [2.45, 2.75) is 32.1 Å². The minimum absolute atomic E-state index is 0.0458. The molecule has 1 N–H and O–H groups in total. The molecule has 25 heavy (non-hydrogen) atoms. The van der Waals surface area contributed by atoms with Crippen molar-refractivity contribution in [1.82, 2.24) is 9.62 Å². The Morgan fingerprint density at radius 1 is 1.20 bits per heavy atom. The summed E-state index contributed by atoms with van der Waals surface area (Å²) in [5.74, 6) is 0.111. The van der Waals surface area contributed by atoms with Gasteiger partial charge >= 0.3 is 0 Å². The predicted molar refractivity (Wildman–Crippen MR) is 96.8 cm³/mol. The molecule has 0 aliphatic carbocycles. The smallest absolute Gasteiger partial charge is 0.220 e. The molecule has 0 saturated carbocycles. The van der Waals surface area contributed by atoms with Gasteiger partial charge in [-0.25, -0.2) is 12.7 Å². The summed E-state index contributed by atoms with van der Waals surface area (Å²) in [7, 11) is -3.16. The first-order valence-corrected chi connectivity index (χ1v) is 10.5. The lowest BCUT2D eigenvalue weighted by molar-refractivity contribution is -0.121. The van der Waals surface area contributed by atoms with Gasteiger partial charge in [-0.05, 0) is 25.2 Å². The maximum absolute atomic E-state index is 12.0. The van der Waals surface area contributed by atoms with Gasteiger partial charge in [-0.1, -0.05) is 30.3 Å². The number of carbonyl (C=O) groups is 2. The molecule has 0 aromatic heterocycles. The van der Waals surface area contributed by atoms with Gasteiger partial charge in [-0.3, -0.25) is 9.59 Å². The molecule has 0 radical (unpaired) electrons. The van der Waals surface area contributed by atoms with Gasteiger partial charge in [0.25, 0.3) is 0 Å². The summed E-state index contributed by atoms with van der Waals surface area (Å²) in [6, 6.07) is 9.06. The Balaban J connectivity index is 1.66.